The smallest absolute Gasteiger partial charge is 0.305 e. The van der Waals surface area contributed by atoms with Crippen molar-refractivity contribution in [1.82, 2.24) is 0 Å². The van der Waals surface area contributed by atoms with Crippen LogP contribution in [0, 0.1) is 0 Å². The first kappa shape index (κ1) is 22.9. The molecule has 7 nitrogen and oxygen atoms in total. The van der Waals surface area contributed by atoms with Crippen molar-refractivity contribution in [2.75, 3.05) is 19.0 Å². The van der Waals surface area contributed by atoms with Gasteiger partial charge in [-0.3, -0.25) is 14.4 Å². The number of carbonyl (C=O) groups excluding carboxylic acids is 2. The number of amides is 1. The summed E-state index contributed by atoms with van der Waals surface area (Å²) in [6.45, 7) is 0.194. The molecule has 3 aromatic rings. The summed E-state index contributed by atoms with van der Waals surface area (Å²) in [5.74, 6) is -0.992. The normalized spacial score (nSPS) is 10.7. The van der Waals surface area contributed by atoms with Gasteiger partial charge in [0.05, 0.1) is 29.8 Å². The Kier molecular flexibility index (Phi) is 7.43. The fraction of sp³-hybridized carbons (Fsp3) is 0.190. The van der Waals surface area contributed by atoms with Crippen LogP contribution in [0.1, 0.15) is 23.4 Å². The Hall–Kier alpha value is -2.74. The van der Waals surface area contributed by atoms with Crippen molar-refractivity contribution in [2.24, 2.45) is 0 Å². The standard InChI is InChI=1S/C21H16Cl3NO6/c1-29-19(27)3-2-6-30-17-9-11(22)4-5-15(17)25-21(28)18-10-16(26)13-7-12(23)8-14(24)20(13)31-18/h4-5,7-10H,2-3,6H2,1H3,(H,25,28). The zero-order chi connectivity index (χ0) is 22.5. The predicted molar refractivity (Wildman–Crippen MR) is 119 cm³/mol. The summed E-state index contributed by atoms with van der Waals surface area (Å²) >= 11 is 18.0. The lowest BCUT2D eigenvalue weighted by Gasteiger charge is -2.13. The van der Waals surface area contributed by atoms with E-state index in [-0.39, 0.29) is 45.8 Å². The van der Waals surface area contributed by atoms with Gasteiger partial charge in [0.1, 0.15) is 5.75 Å². The number of carbonyl (C=O) groups is 2. The van der Waals surface area contributed by atoms with E-state index in [2.05, 4.69) is 10.1 Å². The summed E-state index contributed by atoms with van der Waals surface area (Å²) in [7, 11) is 1.31. The number of hydrogen-bond acceptors (Lipinski definition) is 6. The summed E-state index contributed by atoms with van der Waals surface area (Å²) < 4.78 is 15.8. The molecule has 0 fully saturated rings. The molecule has 31 heavy (non-hydrogen) atoms. The maximum absolute atomic E-state index is 12.7. The van der Waals surface area contributed by atoms with E-state index in [0.29, 0.717) is 22.9 Å². The minimum absolute atomic E-state index is 0.0547. The van der Waals surface area contributed by atoms with E-state index in [1.807, 2.05) is 0 Å². The third-order valence-electron chi connectivity index (χ3n) is 4.17. The van der Waals surface area contributed by atoms with E-state index < -0.39 is 11.3 Å². The Morgan fingerprint density at radius 2 is 1.84 bits per heavy atom. The van der Waals surface area contributed by atoms with Gasteiger partial charge in [-0.15, -0.1) is 0 Å². The molecule has 10 heteroatoms. The average Bonchev–Trinajstić information content (AvgIpc) is 2.73. The van der Waals surface area contributed by atoms with E-state index in [9.17, 15) is 14.4 Å². The number of methoxy groups -OCH3 is 1. The van der Waals surface area contributed by atoms with E-state index in [1.165, 1.54) is 25.3 Å². The maximum Gasteiger partial charge on any atom is 0.305 e. The van der Waals surface area contributed by atoms with Gasteiger partial charge in [0.15, 0.2) is 16.8 Å². The van der Waals surface area contributed by atoms with Crippen LogP contribution in [0.5, 0.6) is 5.75 Å². The molecule has 0 bridgehead atoms. The number of nitrogens with one attached hydrogen (secondary N) is 1. The van der Waals surface area contributed by atoms with Crippen LogP contribution in [-0.2, 0) is 9.53 Å². The number of anilines is 1. The molecule has 0 unspecified atom stereocenters. The molecule has 162 valence electrons. The second-order valence-corrected chi connectivity index (χ2v) is 7.64. The van der Waals surface area contributed by atoms with Crippen LogP contribution in [0.15, 0.2) is 45.6 Å². The molecule has 0 aliphatic carbocycles. The number of hydrogen-bond donors (Lipinski definition) is 1. The van der Waals surface area contributed by atoms with Crippen molar-refractivity contribution in [3.63, 3.8) is 0 Å². The second kappa shape index (κ2) is 10.0. The second-order valence-electron chi connectivity index (χ2n) is 6.36. The topological polar surface area (TPSA) is 94.8 Å². The molecule has 0 radical (unpaired) electrons. The van der Waals surface area contributed by atoms with Gasteiger partial charge in [-0.05, 0) is 30.7 Å². The van der Waals surface area contributed by atoms with E-state index >= 15 is 0 Å². The molecular weight excluding hydrogens is 469 g/mol. The lowest BCUT2D eigenvalue weighted by atomic mass is 10.2. The third-order valence-corrected chi connectivity index (χ3v) is 4.91. The first-order chi connectivity index (χ1) is 14.8. The summed E-state index contributed by atoms with van der Waals surface area (Å²) in [4.78, 5) is 36.3. The highest BCUT2D eigenvalue weighted by atomic mass is 35.5. The number of benzene rings is 2. The van der Waals surface area contributed by atoms with Crippen molar-refractivity contribution in [3.05, 3.63) is 67.4 Å². The van der Waals surface area contributed by atoms with Crippen molar-refractivity contribution < 1.29 is 23.5 Å². The van der Waals surface area contributed by atoms with Gasteiger partial charge in [0, 0.05) is 28.6 Å². The van der Waals surface area contributed by atoms with Gasteiger partial charge in [-0.2, -0.15) is 0 Å². The highest BCUT2D eigenvalue weighted by Crippen LogP contribution is 2.30. The Morgan fingerprint density at radius 1 is 1.06 bits per heavy atom. The number of halogens is 3. The van der Waals surface area contributed by atoms with Gasteiger partial charge in [-0.25, -0.2) is 0 Å². The van der Waals surface area contributed by atoms with Gasteiger partial charge in [0.25, 0.3) is 5.91 Å². The van der Waals surface area contributed by atoms with Crippen molar-refractivity contribution in [3.8, 4) is 5.75 Å². The predicted octanol–water partition coefficient (Wildman–Crippen LogP) is 5.34. The minimum Gasteiger partial charge on any atom is -0.491 e. The van der Waals surface area contributed by atoms with Gasteiger partial charge in [0.2, 0.25) is 0 Å². The Morgan fingerprint density at radius 3 is 2.58 bits per heavy atom. The van der Waals surface area contributed by atoms with Crippen molar-refractivity contribution in [1.29, 1.82) is 0 Å². The third kappa shape index (κ3) is 5.70. The molecule has 1 heterocycles. The van der Waals surface area contributed by atoms with Crippen LogP contribution < -0.4 is 15.5 Å². The van der Waals surface area contributed by atoms with Crippen LogP contribution in [0.2, 0.25) is 15.1 Å². The van der Waals surface area contributed by atoms with Gasteiger partial charge < -0.3 is 19.2 Å². The zero-order valence-corrected chi connectivity index (χ0v) is 18.4. The summed E-state index contributed by atoms with van der Waals surface area (Å²) in [6, 6.07) is 8.50. The molecule has 0 saturated carbocycles. The zero-order valence-electron chi connectivity index (χ0n) is 16.2. The maximum atomic E-state index is 12.7. The largest absolute Gasteiger partial charge is 0.491 e. The average molecular weight is 485 g/mol. The molecular formula is C21H16Cl3NO6. The number of fused-ring (bicyclic) bond motifs is 1. The molecule has 1 N–H and O–H groups in total. The molecule has 0 aliphatic rings. The van der Waals surface area contributed by atoms with Crippen LogP contribution in [0.3, 0.4) is 0 Å². The highest BCUT2D eigenvalue weighted by molar-refractivity contribution is 6.38. The lowest BCUT2D eigenvalue weighted by Crippen LogP contribution is -2.16. The molecule has 3 rings (SSSR count). The highest BCUT2D eigenvalue weighted by Gasteiger charge is 2.17. The fourth-order valence-corrected chi connectivity index (χ4v) is 3.39. The molecule has 2 aromatic carbocycles. The molecule has 0 spiro atoms. The molecule has 0 atom stereocenters. The van der Waals surface area contributed by atoms with Crippen molar-refractivity contribution >= 4 is 63.3 Å². The summed E-state index contributed by atoms with van der Waals surface area (Å²) in [6.07, 6.45) is 0.596. The summed E-state index contributed by atoms with van der Waals surface area (Å²) in [5, 5.41) is 3.56. The molecule has 1 aromatic heterocycles. The lowest BCUT2D eigenvalue weighted by molar-refractivity contribution is -0.140. The van der Waals surface area contributed by atoms with Crippen LogP contribution in [-0.4, -0.2) is 25.6 Å². The molecule has 0 saturated heterocycles. The number of ether oxygens (including phenoxy) is 2. The number of rotatable bonds is 7. The van der Waals surface area contributed by atoms with E-state index in [1.54, 1.807) is 12.1 Å². The van der Waals surface area contributed by atoms with Crippen LogP contribution in [0.4, 0.5) is 5.69 Å². The monoisotopic (exact) mass is 483 g/mol. The Bertz CT molecular complexity index is 1210. The quantitative estimate of drug-likeness (QED) is 0.359. The minimum atomic E-state index is -0.688. The first-order valence-electron chi connectivity index (χ1n) is 9.02. The van der Waals surface area contributed by atoms with Crippen molar-refractivity contribution in [2.45, 2.75) is 12.8 Å². The van der Waals surface area contributed by atoms with Gasteiger partial charge >= 0.3 is 5.97 Å². The molecule has 1 amide bonds. The Balaban J connectivity index is 1.82. The van der Waals surface area contributed by atoms with Crippen LogP contribution in [0.25, 0.3) is 11.0 Å². The molecule has 0 aliphatic heterocycles. The van der Waals surface area contributed by atoms with Gasteiger partial charge in [-0.1, -0.05) is 34.8 Å². The SMILES string of the molecule is COC(=O)CCCOc1cc(Cl)ccc1NC(=O)c1cc(=O)c2cc(Cl)cc(Cl)c2o1. The van der Waals surface area contributed by atoms with E-state index in [4.69, 9.17) is 44.0 Å². The number of esters is 1. The Labute approximate surface area is 191 Å². The van der Waals surface area contributed by atoms with E-state index in [0.717, 1.165) is 6.07 Å². The fourth-order valence-electron chi connectivity index (χ4n) is 2.70. The summed E-state index contributed by atoms with van der Waals surface area (Å²) in [5.41, 5.74) is -0.109. The van der Waals surface area contributed by atoms with Crippen LogP contribution >= 0.6 is 34.8 Å². The first-order valence-corrected chi connectivity index (χ1v) is 10.2.